The SMILES string of the molecule is CNCc1cc(S(=O)(=O)NCc2ccno2)cn1C. The summed E-state index contributed by atoms with van der Waals surface area (Å²) in [5, 5.41) is 6.50. The molecule has 2 aromatic heterocycles. The quantitative estimate of drug-likeness (QED) is 0.791. The average Bonchev–Trinajstić information content (AvgIpc) is 2.98. The van der Waals surface area contributed by atoms with Gasteiger partial charge in [-0.25, -0.2) is 13.1 Å². The van der Waals surface area contributed by atoms with Crippen LogP contribution in [-0.2, 0) is 30.2 Å². The molecule has 19 heavy (non-hydrogen) atoms. The minimum atomic E-state index is -3.54. The van der Waals surface area contributed by atoms with Crippen molar-refractivity contribution >= 4 is 10.0 Å². The van der Waals surface area contributed by atoms with Crippen molar-refractivity contribution in [2.24, 2.45) is 7.05 Å². The molecule has 0 radical (unpaired) electrons. The van der Waals surface area contributed by atoms with Crippen LogP contribution in [0.15, 0.2) is 33.9 Å². The lowest BCUT2D eigenvalue weighted by atomic mass is 10.4. The van der Waals surface area contributed by atoms with Crippen LogP contribution >= 0.6 is 0 Å². The Kier molecular flexibility index (Phi) is 4.03. The van der Waals surface area contributed by atoms with E-state index >= 15 is 0 Å². The van der Waals surface area contributed by atoms with Crippen molar-refractivity contribution in [1.29, 1.82) is 0 Å². The summed E-state index contributed by atoms with van der Waals surface area (Å²) in [7, 11) is 0.0738. The molecule has 0 aliphatic rings. The fraction of sp³-hybridized carbons (Fsp3) is 0.364. The van der Waals surface area contributed by atoms with Gasteiger partial charge in [0.05, 0.1) is 17.6 Å². The largest absolute Gasteiger partial charge is 0.360 e. The van der Waals surface area contributed by atoms with Gasteiger partial charge < -0.3 is 14.4 Å². The van der Waals surface area contributed by atoms with Crippen LogP contribution in [0.2, 0.25) is 0 Å². The lowest BCUT2D eigenvalue weighted by Gasteiger charge is -2.01. The third-order valence-corrected chi connectivity index (χ3v) is 4.05. The van der Waals surface area contributed by atoms with Gasteiger partial charge in [0.2, 0.25) is 10.0 Å². The minimum absolute atomic E-state index is 0.0819. The molecule has 0 amide bonds. The first-order valence-corrected chi connectivity index (χ1v) is 7.20. The van der Waals surface area contributed by atoms with E-state index in [1.54, 1.807) is 22.9 Å². The van der Waals surface area contributed by atoms with Crippen LogP contribution in [-0.4, -0.2) is 25.2 Å². The van der Waals surface area contributed by atoms with Gasteiger partial charge in [-0.2, -0.15) is 0 Å². The van der Waals surface area contributed by atoms with Gasteiger partial charge in [0.15, 0.2) is 5.76 Å². The Morgan fingerprint density at radius 1 is 1.42 bits per heavy atom. The molecule has 2 aromatic rings. The molecule has 0 aromatic carbocycles. The standard InChI is InChI=1S/C11H16N4O3S/c1-12-6-9-5-11(8-15(9)2)19(16,17)14-7-10-3-4-13-18-10/h3-5,8,12,14H,6-7H2,1-2H3. The summed E-state index contributed by atoms with van der Waals surface area (Å²) < 4.78 is 33.3. The Hall–Kier alpha value is -1.64. The van der Waals surface area contributed by atoms with Gasteiger partial charge in [0.1, 0.15) is 0 Å². The molecule has 0 saturated carbocycles. The van der Waals surface area contributed by atoms with Gasteiger partial charge in [0, 0.05) is 31.5 Å². The summed E-state index contributed by atoms with van der Waals surface area (Å²) in [5.74, 6) is 0.468. The molecule has 0 aliphatic heterocycles. The monoisotopic (exact) mass is 284 g/mol. The van der Waals surface area contributed by atoms with Crippen molar-refractivity contribution in [2.45, 2.75) is 18.0 Å². The molecule has 7 nitrogen and oxygen atoms in total. The van der Waals surface area contributed by atoms with E-state index in [9.17, 15) is 8.42 Å². The van der Waals surface area contributed by atoms with E-state index in [1.165, 1.54) is 6.20 Å². The third kappa shape index (κ3) is 3.22. The lowest BCUT2D eigenvalue weighted by molar-refractivity contribution is 0.380. The van der Waals surface area contributed by atoms with Crippen LogP contribution in [0.1, 0.15) is 11.5 Å². The highest BCUT2D eigenvalue weighted by molar-refractivity contribution is 7.89. The van der Waals surface area contributed by atoms with E-state index in [0.717, 1.165) is 5.69 Å². The first kappa shape index (κ1) is 13.8. The number of rotatable bonds is 6. The summed E-state index contributed by atoms with van der Waals surface area (Å²) >= 11 is 0. The maximum atomic E-state index is 12.1. The van der Waals surface area contributed by atoms with Crippen molar-refractivity contribution in [3.05, 3.63) is 36.0 Å². The molecule has 0 bridgehead atoms. The molecule has 0 saturated heterocycles. The third-order valence-electron chi connectivity index (χ3n) is 2.68. The summed E-state index contributed by atoms with van der Waals surface area (Å²) in [6.45, 7) is 0.687. The molecule has 0 aliphatic carbocycles. The van der Waals surface area contributed by atoms with E-state index in [1.807, 2.05) is 14.1 Å². The maximum absolute atomic E-state index is 12.1. The van der Waals surface area contributed by atoms with E-state index in [4.69, 9.17) is 4.52 Å². The Morgan fingerprint density at radius 3 is 2.84 bits per heavy atom. The van der Waals surface area contributed by atoms with Gasteiger partial charge >= 0.3 is 0 Å². The van der Waals surface area contributed by atoms with Gasteiger partial charge in [-0.05, 0) is 13.1 Å². The first-order chi connectivity index (χ1) is 9.03. The van der Waals surface area contributed by atoms with Crippen molar-refractivity contribution in [3.63, 3.8) is 0 Å². The van der Waals surface area contributed by atoms with E-state index in [0.29, 0.717) is 12.3 Å². The Bertz CT molecular complexity index is 631. The van der Waals surface area contributed by atoms with Crippen LogP contribution in [0.25, 0.3) is 0 Å². The molecule has 2 heterocycles. The van der Waals surface area contributed by atoms with Crippen LogP contribution in [0.5, 0.6) is 0 Å². The minimum Gasteiger partial charge on any atom is -0.360 e. The number of hydrogen-bond acceptors (Lipinski definition) is 5. The predicted octanol–water partition coefficient (Wildman–Crippen LogP) is 0.211. The Balaban J connectivity index is 2.12. The van der Waals surface area contributed by atoms with E-state index < -0.39 is 10.0 Å². The second-order valence-corrected chi connectivity index (χ2v) is 5.88. The fourth-order valence-electron chi connectivity index (χ4n) is 1.66. The molecule has 0 unspecified atom stereocenters. The topological polar surface area (TPSA) is 89.2 Å². The smallest absolute Gasteiger partial charge is 0.242 e. The zero-order chi connectivity index (χ0) is 13.9. The van der Waals surface area contributed by atoms with Crippen molar-refractivity contribution < 1.29 is 12.9 Å². The molecule has 2 N–H and O–H groups in total. The van der Waals surface area contributed by atoms with Crippen LogP contribution in [0, 0.1) is 0 Å². The zero-order valence-corrected chi connectivity index (χ0v) is 11.6. The lowest BCUT2D eigenvalue weighted by Crippen LogP contribution is -2.22. The Labute approximate surface area is 111 Å². The molecule has 104 valence electrons. The van der Waals surface area contributed by atoms with E-state index in [-0.39, 0.29) is 11.4 Å². The van der Waals surface area contributed by atoms with E-state index in [2.05, 4.69) is 15.2 Å². The number of sulfonamides is 1. The predicted molar refractivity (Wildman–Crippen MR) is 68.7 cm³/mol. The summed E-state index contributed by atoms with van der Waals surface area (Å²) in [6.07, 6.45) is 3.05. The van der Waals surface area contributed by atoms with Crippen molar-refractivity contribution in [1.82, 2.24) is 19.8 Å². The van der Waals surface area contributed by atoms with Gasteiger partial charge in [-0.3, -0.25) is 0 Å². The van der Waals surface area contributed by atoms with Gasteiger partial charge in [-0.15, -0.1) is 0 Å². The normalized spacial score (nSPS) is 11.9. The van der Waals surface area contributed by atoms with Gasteiger partial charge in [0.25, 0.3) is 0 Å². The summed E-state index contributed by atoms with van der Waals surface area (Å²) in [4.78, 5) is 0.236. The number of aromatic nitrogens is 2. The molecule has 0 fully saturated rings. The summed E-state index contributed by atoms with van der Waals surface area (Å²) in [5.41, 5.74) is 0.891. The van der Waals surface area contributed by atoms with Crippen LogP contribution in [0.4, 0.5) is 0 Å². The first-order valence-electron chi connectivity index (χ1n) is 5.72. The van der Waals surface area contributed by atoms with Crippen LogP contribution < -0.4 is 10.0 Å². The molecule has 2 rings (SSSR count). The number of nitrogens with zero attached hydrogens (tertiary/aromatic N) is 2. The zero-order valence-electron chi connectivity index (χ0n) is 10.8. The highest BCUT2D eigenvalue weighted by Gasteiger charge is 2.17. The number of aryl methyl sites for hydroxylation is 1. The molecule has 0 spiro atoms. The molecule has 8 heteroatoms. The molecular weight excluding hydrogens is 268 g/mol. The second kappa shape index (κ2) is 5.55. The average molecular weight is 284 g/mol. The maximum Gasteiger partial charge on any atom is 0.242 e. The highest BCUT2D eigenvalue weighted by Crippen LogP contribution is 2.13. The number of nitrogens with one attached hydrogen (secondary N) is 2. The van der Waals surface area contributed by atoms with Crippen molar-refractivity contribution in [3.8, 4) is 0 Å². The fourth-order valence-corrected chi connectivity index (χ4v) is 2.75. The van der Waals surface area contributed by atoms with Crippen molar-refractivity contribution in [2.75, 3.05) is 7.05 Å². The number of hydrogen-bond donors (Lipinski definition) is 2. The van der Waals surface area contributed by atoms with Crippen LogP contribution in [0.3, 0.4) is 0 Å². The molecular formula is C11H16N4O3S. The molecule has 0 atom stereocenters. The highest BCUT2D eigenvalue weighted by atomic mass is 32.2. The second-order valence-electron chi connectivity index (χ2n) is 4.11. The summed E-state index contributed by atoms with van der Waals surface area (Å²) in [6, 6.07) is 3.25. The van der Waals surface area contributed by atoms with Gasteiger partial charge in [-0.1, -0.05) is 5.16 Å². The Morgan fingerprint density at radius 2 is 2.21 bits per heavy atom.